The molecule has 18 heteroatoms. The van der Waals surface area contributed by atoms with E-state index < -0.39 is 0 Å². The summed E-state index contributed by atoms with van der Waals surface area (Å²) in [5.74, 6) is 0.924. The van der Waals surface area contributed by atoms with Crippen molar-refractivity contribution in [1.29, 1.82) is 0 Å². The van der Waals surface area contributed by atoms with Crippen molar-refractivity contribution in [3.05, 3.63) is 91.7 Å². The van der Waals surface area contributed by atoms with Crippen molar-refractivity contribution >= 4 is 57.0 Å². The third-order valence-electron chi connectivity index (χ3n) is 11.7. The number of unbranched alkanes of at least 4 members (excludes halogenated alkanes) is 2. The smallest absolute Gasteiger partial charge is 0.263 e. The Bertz CT molecular complexity index is 2460. The van der Waals surface area contributed by atoms with Crippen LogP contribution >= 0.6 is 11.3 Å². The van der Waals surface area contributed by atoms with E-state index >= 15 is 0 Å². The zero-order chi connectivity index (χ0) is 44.5. The average Bonchev–Trinajstić information content (AvgIpc) is 3.95. The summed E-state index contributed by atoms with van der Waals surface area (Å²) in [6.45, 7) is 12.1. The van der Waals surface area contributed by atoms with Gasteiger partial charge in [0.1, 0.15) is 17.2 Å². The molecular formula is C45H57N11O6S. The second-order valence-electron chi connectivity index (χ2n) is 16.3. The van der Waals surface area contributed by atoms with Gasteiger partial charge in [0.25, 0.3) is 17.4 Å². The number of pyridine rings is 1. The van der Waals surface area contributed by atoms with Gasteiger partial charge >= 0.3 is 0 Å². The molecule has 3 aromatic heterocycles. The van der Waals surface area contributed by atoms with Gasteiger partial charge in [0.05, 0.1) is 18.7 Å². The Morgan fingerprint density at radius 3 is 2.33 bits per heavy atom. The van der Waals surface area contributed by atoms with Crippen LogP contribution in [0.2, 0.25) is 0 Å². The molecule has 334 valence electrons. The number of fused-ring (bicyclic) bond motifs is 1. The molecule has 5 N–H and O–H groups in total. The zero-order valence-electron chi connectivity index (χ0n) is 36.5. The van der Waals surface area contributed by atoms with Crippen molar-refractivity contribution in [3.8, 4) is 5.75 Å². The summed E-state index contributed by atoms with van der Waals surface area (Å²) in [4.78, 5) is 82.7. The van der Waals surface area contributed by atoms with Gasteiger partial charge in [-0.15, -0.1) is 11.3 Å². The number of hydrogen-bond acceptors (Lipinski definition) is 14. The molecule has 1 saturated heterocycles. The van der Waals surface area contributed by atoms with Crippen LogP contribution in [0.25, 0.3) is 11.0 Å². The summed E-state index contributed by atoms with van der Waals surface area (Å²) in [5.41, 5.74) is 3.51. The maximum absolute atomic E-state index is 13.6. The van der Waals surface area contributed by atoms with Crippen molar-refractivity contribution < 1.29 is 23.9 Å². The van der Waals surface area contributed by atoms with Crippen LogP contribution in [0, 0.1) is 20.8 Å². The molecule has 0 radical (unpaired) electrons. The maximum atomic E-state index is 13.6. The molecule has 0 unspecified atom stereocenters. The Hall–Kier alpha value is -6.14. The van der Waals surface area contributed by atoms with E-state index in [1.54, 1.807) is 42.1 Å². The molecule has 1 saturated carbocycles. The number of nitrogens with zero attached hydrogens (tertiary/aromatic N) is 6. The number of rotatable bonds is 18. The van der Waals surface area contributed by atoms with Crippen LogP contribution in [0.5, 0.6) is 5.75 Å². The number of aryl methyl sites for hydroxylation is 3. The molecule has 0 bridgehead atoms. The van der Waals surface area contributed by atoms with Crippen LogP contribution in [-0.4, -0.2) is 112 Å². The SMILES string of the molecule is CC(=O)c1c(C)c2cnc(NC3=CC=C(N4CCN(CC(=O)NCCCCCNC(=O)COc5ccc(C(=O)Nc6ncc(C)s6)c(C)c5)CC4)CN3)nc2n(C2CCCC2)c1=O. The molecule has 2 fully saturated rings. The number of nitrogens with one attached hydrogen (secondary N) is 5. The number of amides is 3. The van der Waals surface area contributed by atoms with Crippen molar-refractivity contribution in [1.82, 2.24) is 45.3 Å². The van der Waals surface area contributed by atoms with E-state index in [1.807, 2.05) is 19.9 Å². The first-order chi connectivity index (χ1) is 30.4. The fourth-order valence-corrected chi connectivity index (χ4v) is 8.97. The van der Waals surface area contributed by atoms with Crippen LogP contribution < -0.4 is 36.9 Å². The Kier molecular flexibility index (Phi) is 14.8. The molecule has 5 heterocycles. The molecule has 4 aromatic rings. The van der Waals surface area contributed by atoms with Crippen molar-refractivity contribution in [3.63, 3.8) is 0 Å². The summed E-state index contributed by atoms with van der Waals surface area (Å²) >= 11 is 1.41. The predicted molar refractivity (Wildman–Crippen MR) is 243 cm³/mol. The van der Waals surface area contributed by atoms with Crippen molar-refractivity contribution in [2.24, 2.45) is 0 Å². The molecule has 1 aliphatic carbocycles. The van der Waals surface area contributed by atoms with E-state index in [0.29, 0.717) is 65.2 Å². The topological polar surface area (TPSA) is 205 Å². The van der Waals surface area contributed by atoms with E-state index in [1.165, 1.54) is 18.3 Å². The summed E-state index contributed by atoms with van der Waals surface area (Å²) in [6.07, 6.45) is 13.8. The van der Waals surface area contributed by atoms with Gasteiger partial charge in [-0.05, 0) is 101 Å². The number of benzene rings is 1. The number of anilines is 2. The first-order valence-corrected chi connectivity index (χ1v) is 22.6. The minimum absolute atomic E-state index is 0.00945. The van der Waals surface area contributed by atoms with Gasteiger partial charge < -0.3 is 30.9 Å². The Morgan fingerprint density at radius 2 is 1.67 bits per heavy atom. The number of hydrogen-bond donors (Lipinski definition) is 5. The number of piperazine rings is 1. The van der Waals surface area contributed by atoms with Gasteiger partial charge in [-0.1, -0.05) is 12.8 Å². The third-order valence-corrected chi connectivity index (χ3v) is 12.5. The number of carbonyl (C=O) groups excluding carboxylic acids is 4. The second kappa shape index (κ2) is 20.8. The van der Waals surface area contributed by atoms with E-state index in [9.17, 15) is 24.0 Å². The molecule has 3 amide bonds. The number of carbonyl (C=O) groups is 4. The lowest BCUT2D eigenvalue weighted by Crippen LogP contribution is -2.50. The third kappa shape index (κ3) is 11.5. The van der Waals surface area contributed by atoms with Crippen LogP contribution in [0.1, 0.15) is 94.6 Å². The fourth-order valence-electron chi connectivity index (χ4n) is 8.31. The predicted octanol–water partition coefficient (Wildman–Crippen LogP) is 4.58. The van der Waals surface area contributed by atoms with Gasteiger partial charge in [-0.2, -0.15) is 4.98 Å². The van der Waals surface area contributed by atoms with E-state index in [0.717, 1.165) is 93.1 Å². The fraction of sp³-hybridized carbons (Fsp3) is 0.467. The van der Waals surface area contributed by atoms with Crippen LogP contribution in [0.15, 0.2) is 59.1 Å². The lowest BCUT2D eigenvalue weighted by molar-refractivity contribution is -0.123. The lowest BCUT2D eigenvalue weighted by Gasteiger charge is -2.38. The summed E-state index contributed by atoms with van der Waals surface area (Å²) in [7, 11) is 0. The standard InChI is InChI=1S/C45H57N11O6S/c1-28-22-34(13-14-35(28)42(60)53-45-50-23-29(2)63-45)62-27-39(59)47-17-9-5-8-16-46-38(58)26-54-18-20-55(21-19-54)33-12-15-37(48-24-33)51-44-49-25-36-30(3)40(31(4)57)43(61)56(41(36)52-44)32-10-6-7-11-32/h12-15,22-23,25,32,48H,5-11,16-21,24,26-27H2,1-4H3,(H,46,58)(H,47,59)(H,49,51,52)(H,50,53,60). The van der Waals surface area contributed by atoms with Crippen LogP contribution in [0.4, 0.5) is 11.1 Å². The van der Waals surface area contributed by atoms with Gasteiger partial charge in [-0.3, -0.25) is 38.8 Å². The quantitative estimate of drug-likeness (QED) is 0.0687. The number of allylic oxidation sites excluding steroid dienone is 2. The molecule has 7 rings (SSSR count). The first-order valence-electron chi connectivity index (χ1n) is 21.8. The van der Waals surface area contributed by atoms with Crippen molar-refractivity contribution in [2.75, 3.05) is 69.6 Å². The average molecular weight is 880 g/mol. The number of dihydropyridines is 1. The highest BCUT2D eigenvalue weighted by Crippen LogP contribution is 2.32. The second-order valence-corrected chi connectivity index (χ2v) is 17.6. The first kappa shape index (κ1) is 44.9. The number of Topliss-reactive ketones (excluding diaryl/α,β-unsaturated/α-hetero) is 1. The summed E-state index contributed by atoms with van der Waals surface area (Å²) in [6, 6.07) is 5.10. The molecule has 17 nitrogen and oxygen atoms in total. The van der Waals surface area contributed by atoms with Gasteiger partial charge in [0.15, 0.2) is 17.5 Å². The summed E-state index contributed by atoms with van der Waals surface area (Å²) < 4.78 is 7.37. The molecule has 0 spiro atoms. The lowest BCUT2D eigenvalue weighted by atomic mass is 10.0. The van der Waals surface area contributed by atoms with Gasteiger partial charge in [-0.25, -0.2) is 9.97 Å². The monoisotopic (exact) mass is 879 g/mol. The van der Waals surface area contributed by atoms with Crippen LogP contribution in [0.3, 0.4) is 0 Å². The highest BCUT2D eigenvalue weighted by atomic mass is 32.1. The highest BCUT2D eigenvalue weighted by molar-refractivity contribution is 7.15. The molecule has 0 atom stereocenters. The van der Waals surface area contributed by atoms with Gasteiger partial charge in [0.2, 0.25) is 11.9 Å². The Balaban J connectivity index is 0.767. The van der Waals surface area contributed by atoms with Crippen LogP contribution in [-0.2, 0) is 9.59 Å². The highest BCUT2D eigenvalue weighted by Gasteiger charge is 2.27. The largest absolute Gasteiger partial charge is 0.484 e. The Morgan fingerprint density at radius 1 is 0.921 bits per heavy atom. The maximum Gasteiger partial charge on any atom is 0.263 e. The van der Waals surface area contributed by atoms with E-state index in [4.69, 9.17) is 9.72 Å². The number of ketones is 1. The molecule has 3 aliphatic rings. The summed E-state index contributed by atoms with van der Waals surface area (Å²) in [5, 5.41) is 16.7. The number of ether oxygens (including phenoxy) is 1. The Labute approximate surface area is 370 Å². The zero-order valence-corrected chi connectivity index (χ0v) is 37.3. The molecule has 63 heavy (non-hydrogen) atoms. The number of thiazole rings is 1. The minimum atomic E-state index is -0.272. The van der Waals surface area contributed by atoms with Gasteiger partial charge in [0, 0.05) is 79.2 Å². The molecule has 2 aliphatic heterocycles. The molecular weight excluding hydrogens is 823 g/mol. The number of aromatic nitrogens is 4. The minimum Gasteiger partial charge on any atom is -0.484 e. The van der Waals surface area contributed by atoms with Crippen molar-refractivity contribution in [2.45, 2.75) is 78.7 Å². The normalized spacial score (nSPS) is 15.7. The van der Waals surface area contributed by atoms with E-state index in [2.05, 4.69) is 52.4 Å². The van der Waals surface area contributed by atoms with E-state index in [-0.39, 0.29) is 47.3 Å². The molecule has 1 aromatic carbocycles.